The molecule has 0 saturated heterocycles. The van der Waals surface area contributed by atoms with Gasteiger partial charge in [0.2, 0.25) is 11.8 Å². The van der Waals surface area contributed by atoms with Gasteiger partial charge < -0.3 is 10.2 Å². The molecule has 2 amide bonds. The Kier molecular flexibility index (Phi) is 4.41. The van der Waals surface area contributed by atoms with Gasteiger partial charge in [0, 0.05) is 29.2 Å². The number of hydrogen-bond donors (Lipinski definition) is 1. The number of fused-ring (bicyclic) bond motifs is 4. The average Bonchev–Trinajstić information content (AvgIpc) is 3.23. The average molecular weight is 439 g/mol. The predicted octanol–water partition coefficient (Wildman–Crippen LogP) is 4.30. The van der Waals surface area contributed by atoms with E-state index < -0.39 is 5.41 Å². The molecular formula is C23H20ClFN4O2. The van der Waals surface area contributed by atoms with Crippen LogP contribution in [0.15, 0.2) is 48.7 Å². The molecule has 0 unspecified atom stereocenters. The zero-order valence-corrected chi connectivity index (χ0v) is 17.8. The number of carbonyl (C=O) groups is 2. The molecule has 158 valence electrons. The summed E-state index contributed by atoms with van der Waals surface area (Å²) in [7, 11) is 0. The molecule has 1 aromatic heterocycles. The molecular weight excluding hydrogens is 419 g/mol. The number of amides is 2. The van der Waals surface area contributed by atoms with E-state index in [2.05, 4.69) is 10.4 Å². The second-order valence-electron chi connectivity index (χ2n) is 8.40. The first-order valence-corrected chi connectivity index (χ1v) is 10.5. The van der Waals surface area contributed by atoms with E-state index in [1.54, 1.807) is 35.4 Å². The molecule has 0 bridgehead atoms. The molecule has 3 aromatic rings. The summed E-state index contributed by atoms with van der Waals surface area (Å²) in [6.07, 6.45) is 1.58. The second-order valence-corrected chi connectivity index (χ2v) is 8.83. The fourth-order valence-electron chi connectivity index (χ4n) is 4.59. The van der Waals surface area contributed by atoms with Crippen LogP contribution in [-0.4, -0.2) is 28.1 Å². The maximum absolute atomic E-state index is 13.9. The quantitative estimate of drug-likeness (QED) is 0.663. The normalized spacial score (nSPS) is 19.7. The van der Waals surface area contributed by atoms with Crippen molar-refractivity contribution in [2.24, 2.45) is 5.92 Å². The van der Waals surface area contributed by atoms with Crippen molar-refractivity contribution in [1.29, 1.82) is 0 Å². The summed E-state index contributed by atoms with van der Waals surface area (Å²) in [6.45, 7) is 4.61. The Hall–Kier alpha value is -3.19. The van der Waals surface area contributed by atoms with E-state index in [-0.39, 0.29) is 30.0 Å². The van der Waals surface area contributed by atoms with Crippen LogP contribution in [0.5, 0.6) is 0 Å². The molecule has 3 heterocycles. The third kappa shape index (κ3) is 2.87. The molecule has 2 aliphatic rings. The van der Waals surface area contributed by atoms with Gasteiger partial charge in [-0.15, -0.1) is 0 Å². The van der Waals surface area contributed by atoms with Crippen molar-refractivity contribution in [2.75, 3.05) is 16.8 Å². The van der Waals surface area contributed by atoms with Gasteiger partial charge in [-0.3, -0.25) is 9.59 Å². The lowest BCUT2D eigenvalue weighted by molar-refractivity contribution is -0.126. The minimum atomic E-state index is -1.20. The topological polar surface area (TPSA) is 67.2 Å². The van der Waals surface area contributed by atoms with Crippen molar-refractivity contribution >= 4 is 34.9 Å². The van der Waals surface area contributed by atoms with Crippen LogP contribution in [0.25, 0.3) is 5.69 Å². The number of aromatic nitrogens is 2. The standard InChI is InChI=1S/C23H20ClFN4O2/c1-13(2)12-28-19-8-3-14(24)9-17(19)23(22(28)31)10-20(30)27-21-18(23)11-26-29(21)16-6-4-15(25)5-7-16/h3-9,11,13H,10,12H2,1-2H3,(H,27,30)/t23-/m0/s1. The number of nitrogens with zero attached hydrogens (tertiary/aromatic N) is 3. The van der Waals surface area contributed by atoms with Gasteiger partial charge in [0.1, 0.15) is 17.1 Å². The highest BCUT2D eigenvalue weighted by Crippen LogP contribution is 2.53. The molecule has 6 nitrogen and oxygen atoms in total. The summed E-state index contributed by atoms with van der Waals surface area (Å²) in [5.74, 6) is -0.172. The summed E-state index contributed by atoms with van der Waals surface area (Å²) in [6, 6.07) is 11.2. The zero-order chi connectivity index (χ0) is 21.9. The molecule has 31 heavy (non-hydrogen) atoms. The highest BCUT2D eigenvalue weighted by molar-refractivity contribution is 6.31. The van der Waals surface area contributed by atoms with Crippen LogP contribution in [0.4, 0.5) is 15.9 Å². The van der Waals surface area contributed by atoms with Crippen molar-refractivity contribution in [3.63, 3.8) is 0 Å². The van der Waals surface area contributed by atoms with Gasteiger partial charge in [-0.25, -0.2) is 9.07 Å². The highest BCUT2D eigenvalue weighted by atomic mass is 35.5. The largest absolute Gasteiger partial charge is 0.311 e. The smallest absolute Gasteiger partial charge is 0.242 e. The van der Waals surface area contributed by atoms with Gasteiger partial charge in [0.05, 0.1) is 11.9 Å². The van der Waals surface area contributed by atoms with Crippen LogP contribution in [-0.2, 0) is 15.0 Å². The fourth-order valence-corrected chi connectivity index (χ4v) is 4.76. The number of rotatable bonds is 3. The van der Waals surface area contributed by atoms with Crippen molar-refractivity contribution in [1.82, 2.24) is 9.78 Å². The van der Waals surface area contributed by atoms with Gasteiger partial charge >= 0.3 is 0 Å². The van der Waals surface area contributed by atoms with Crippen molar-refractivity contribution < 1.29 is 14.0 Å². The summed E-state index contributed by atoms with van der Waals surface area (Å²) in [4.78, 5) is 28.5. The Labute approximate surface area is 183 Å². The van der Waals surface area contributed by atoms with E-state index >= 15 is 0 Å². The van der Waals surface area contributed by atoms with E-state index in [0.29, 0.717) is 34.2 Å². The fraction of sp³-hybridized carbons (Fsp3) is 0.261. The van der Waals surface area contributed by atoms with Crippen LogP contribution >= 0.6 is 11.6 Å². The second kappa shape index (κ2) is 6.92. The van der Waals surface area contributed by atoms with Crippen LogP contribution in [0.2, 0.25) is 5.02 Å². The summed E-state index contributed by atoms with van der Waals surface area (Å²) >= 11 is 6.32. The van der Waals surface area contributed by atoms with Gasteiger partial charge in [0.25, 0.3) is 0 Å². The van der Waals surface area contributed by atoms with Crippen LogP contribution < -0.4 is 10.2 Å². The Morgan fingerprint density at radius 2 is 1.90 bits per heavy atom. The molecule has 0 saturated carbocycles. The van der Waals surface area contributed by atoms with E-state index in [1.165, 1.54) is 16.8 Å². The lowest BCUT2D eigenvalue weighted by Gasteiger charge is -2.32. The molecule has 1 atom stereocenters. The van der Waals surface area contributed by atoms with Crippen LogP contribution in [0, 0.1) is 11.7 Å². The summed E-state index contributed by atoms with van der Waals surface area (Å²) < 4.78 is 14.9. The number of nitrogens with one attached hydrogen (secondary N) is 1. The summed E-state index contributed by atoms with van der Waals surface area (Å²) in [5, 5.41) is 7.80. The lowest BCUT2D eigenvalue weighted by Crippen LogP contribution is -2.47. The molecule has 2 aliphatic heterocycles. The molecule has 1 spiro atoms. The van der Waals surface area contributed by atoms with E-state index in [1.807, 2.05) is 19.9 Å². The number of halogens is 2. The number of anilines is 2. The Morgan fingerprint density at radius 3 is 2.61 bits per heavy atom. The van der Waals surface area contributed by atoms with E-state index in [4.69, 9.17) is 11.6 Å². The molecule has 0 fully saturated rings. The zero-order valence-electron chi connectivity index (χ0n) is 17.0. The Balaban J connectivity index is 1.74. The maximum atomic E-state index is 13.9. The molecule has 2 aromatic carbocycles. The predicted molar refractivity (Wildman–Crippen MR) is 116 cm³/mol. The SMILES string of the molecule is CC(C)CN1C(=O)[C@@]2(CC(=O)Nc3c2cnn3-c2ccc(F)cc2)c2cc(Cl)ccc21. The number of benzene rings is 2. The van der Waals surface area contributed by atoms with Gasteiger partial charge in [0.15, 0.2) is 0 Å². The first-order chi connectivity index (χ1) is 14.8. The van der Waals surface area contributed by atoms with E-state index in [9.17, 15) is 14.0 Å². The third-order valence-electron chi connectivity index (χ3n) is 5.85. The van der Waals surface area contributed by atoms with Crippen molar-refractivity contribution in [2.45, 2.75) is 25.7 Å². The third-order valence-corrected chi connectivity index (χ3v) is 6.09. The number of carbonyl (C=O) groups excluding carboxylic acids is 2. The van der Waals surface area contributed by atoms with Crippen molar-refractivity contribution in [3.05, 3.63) is 70.6 Å². The van der Waals surface area contributed by atoms with Gasteiger partial charge in [-0.1, -0.05) is 25.4 Å². The maximum Gasteiger partial charge on any atom is 0.242 e. The van der Waals surface area contributed by atoms with Gasteiger partial charge in [-0.05, 0) is 53.9 Å². The molecule has 1 N–H and O–H groups in total. The van der Waals surface area contributed by atoms with Crippen LogP contribution in [0.1, 0.15) is 31.4 Å². The number of hydrogen-bond acceptors (Lipinski definition) is 3. The highest BCUT2D eigenvalue weighted by Gasteiger charge is 2.57. The Bertz CT molecular complexity index is 1220. The van der Waals surface area contributed by atoms with Gasteiger partial charge in [-0.2, -0.15) is 5.10 Å². The minimum absolute atomic E-state index is 0.0319. The molecule has 5 rings (SSSR count). The minimum Gasteiger partial charge on any atom is -0.311 e. The Morgan fingerprint density at radius 1 is 1.16 bits per heavy atom. The molecule has 0 radical (unpaired) electrons. The van der Waals surface area contributed by atoms with Crippen molar-refractivity contribution in [3.8, 4) is 5.69 Å². The molecule has 0 aliphatic carbocycles. The first-order valence-electron chi connectivity index (χ1n) is 10.1. The monoisotopic (exact) mass is 438 g/mol. The lowest BCUT2D eigenvalue weighted by atomic mass is 9.72. The molecule has 8 heteroatoms. The summed E-state index contributed by atoms with van der Waals surface area (Å²) in [5.41, 5.74) is 1.45. The van der Waals surface area contributed by atoms with Crippen LogP contribution in [0.3, 0.4) is 0 Å². The first kappa shape index (κ1) is 19.8. The van der Waals surface area contributed by atoms with E-state index in [0.717, 1.165) is 5.69 Å².